The number of amides is 2. The van der Waals surface area contributed by atoms with Crippen molar-refractivity contribution in [3.05, 3.63) is 57.5 Å². The van der Waals surface area contributed by atoms with Gasteiger partial charge in [-0.15, -0.1) is 11.3 Å². The topological polar surface area (TPSA) is 78.4 Å². The van der Waals surface area contributed by atoms with Crippen LogP contribution >= 0.6 is 11.3 Å². The molecule has 2 rings (SSSR count). The van der Waals surface area contributed by atoms with Gasteiger partial charge in [0, 0.05) is 23.4 Å². The van der Waals surface area contributed by atoms with E-state index in [1.165, 1.54) is 12.1 Å². The second kappa shape index (κ2) is 11.4. The lowest BCUT2D eigenvalue weighted by molar-refractivity contribution is -0.129. The van der Waals surface area contributed by atoms with Crippen LogP contribution in [-0.4, -0.2) is 23.6 Å². The van der Waals surface area contributed by atoms with Crippen molar-refractivity contribution < 1.29 is 19.2 Å². The molecule has 3 N–H and O–H groups in total. The standard InChI is InChI=1S/C21H25FN2O3S/c1-15-12-18(28-14-15)13-19(16-7-9-17(22)10-8-16)21(26)23-11-5-3-2-4-6-20(25)24-27/h7-10,12-14,27H,2-6,11H2,1H3,(H,23,26)(H,24,25). The van der Waals surface area contributed by atoms with Crippen LogP contribution in [0.4, 0.5) is 4.39 Å². The van der Waals surface area contributed by atoms with Crippen LogP contribution in [-0.2, 0) is 9.59 Å². The maximum Gasteiger partial charge on any atom is 0.251 e. The van der Waals surface area contributed by atoms with Crippen LogP contribution in [0.2, 0.25) is 0 Å². The summed E-state index contributed by atoms with van der Waals surface area (Å²) in [5, 5.41) is 13.4. The van der Waals surface area contributed by atoms with Crippen LogP contribution in [0.1, 0.15) is 48.1 Å². The largest absolute Gasteiger partial charge is 0.352 e. The van der Waals surface area contributed by atoms with E-state index < -0.39 is 0 Å². The fourth-order valence-electron chi connectivity index (χ4n) is 2.70. The molecule has 150 valence electrons. The van der Waals surface area contributed by atoms with Crippen molar-refractivity contribution in [1.29, 1.82) is 0 Å². The number of carbonyl (C=O) groups excluding carboxylic acids is 2. The van der Waals surface area contributed by atoms with Gasteiger partial charge in [-0.1, -0.05) is 25.0 Å². The fraction of sp³-hybridized carbons (Fsp3) is 0.333. The number of hydrogen-bond acceptors (Lipinski definition) is 4. The number of hydroxylamine groups is 1. The van der Waals surface area contributed by atoms with Gasteiger partial charge in [0.05, 0.1) is 0 Å². The summed E-state index contributed by atoms with van der Waals surface area (Å²) in [7, 11) is 0. The van der Waals surface area contributed by atoms with Gasteiger partial charge in [0.25, 0.3) is 5.91 Å². The van der Waals surface area contributed by atoms with Gasteiger partial charge >= 0.3 is 0 Å². The van der Waals surface area contributed by atoms with Gasteiger partial charge in [0.2, 0.25) is 5.91 Å². The number of carbonyl (C=O) groups is 2. The van der Waals surface area contributed by atoms with E-state index in [2.05, 4.69) is 5.32 Å². The molecule has 5 nitrogen and oxygen atoms in total. The van der Waals surface area contributed by atoms with E-state index in [1.54, 1.807) is 28.9 Å². The Morgan fingerprint density at radius 3 is 2.50 bits per heavy atom. The predicted molar refractivity (Wildman–Crippen MR) is 109 cm³/mol. The number of thiophene rings is 1. The molecule has 2 aromatic rings. The van der Waals surface area contributed by atoms with E-state index in [0.717, 1.165) is 29.7 Å². The molecule has 0 fully saturated rings. The summed E-state index contributed by atoms with van der Waals surface area (Å²) in [5.74, 6) is -0.922. The average molecular weight is 405 g/mol. The Labute approximate surface area is 168 Å². The molecule has 28 heavy (non-hydrogen) atoms. The van der Waals surface area contributed by atoms with Crippen molar-refractivity contribution in [2.75, 3.05) is 6.54 Å². The highest BCUT2D eigenvalue weighted by atomic mass is 32.1. The summed E-state index contributed by atoms with van der Waals surface area (Å²) < 4.78 is 13.2. The number of unbranched alkanes of at least 4 members (excludes halogenated alkanes) is 3. The van der Waals surface area contributed by atoms with Gasteiger partial charge in [-0.2, -0.15) is 0 Å². The maximum atomic E-state index is 13.2. The molecule has 7 heteroatoms. The normalized spacial score (nSPS) is 11.3. The minimum Gasteiger partial charge on any atom is -0.352 e. The van der Waals surface area contributed by atoms with Crippen molar-refractivity contribution in [2.45, 2.75) is 39.0 Å². The Hall–Kier alpha value is -2.51. The molecule has 2 amide bonds. The van der Waals surface area contributed by atoms with Crippen molar-refractivity contribution in [2.24, 2.45) is 0 Å². The molecule has 0 unspecified atom stereocenters. The smallest absolute Gasteiger partial charge is 0.251 e. The molecule has 0 saturated heterocycles. The first kappa shape index (κ1) is 21.8. The van der Waals surface area contributed by atoms with E-state index in [1.807, 2.05) is 24.4 Å². The third-order valence-corrected chi connectivity index (χ3v) is 5.18. The fourth-order valence-corrected chi connectivity index (χ4v) is 3.53. The minimum absolute atomic E-state index is 0.197. The second-order valence-corrected chi connectivity index (χ2v) is 7.49. The van der Waals surface area contributed by atoms with Crippen LogP contribution in [0.15, 0.2) is 35.7 Å². The molecule has 0 aliphatic carbocycles. The Bertz CT molecular complexity index is 815. The minimum atomic E-state index is -0.383. The number of benzene rings is 1. The molecular formula is C21H25FN2O3S. The Morgan fingerprint density at radius 2 is 1.86 bits per heavy atom. The first-order valence-corrected chi connectivity index (χ1v) is 10.1. The van der Waals surface area contributed by atoms with Crippen LogP contribution in [0, 0.1) is 12.7 Å². The number of halogens is 1. The van der Waals surface area contributed by atoms with Gasteiger partial charge in [-0.3, -0.25) is 14.8 Å². The van der Waals surface area contributed by atoms with Gasteiger partial charge in [0.1, 0.15) is 5.82 Å². The van der Waals surface area contributed by atoms with Crippen LogP contribution in [0.25, 0.3) is 11.6 Å². The monoisotopic (exact) mass is 404 g/mol. The lowest BCUT2D eigenvalue weighted by Crippen LogP contribution is -2.25. The summed E-state index contributed by atoms with van der Waals surface area (Å²) in [5.41, 5.74) is 3.91. The van der Waals surface area contributed by atoms with Crippen molar-refractivity contribution in [3.63, 3.8) is 0 Å². The van der Waals surface area contributed by atoms with Crippen LogP contribution in [0.3, 0.4) is 0 Å². The first-order chi connectivity index (χ1) is 13.5. The summed E-state index contributed by atoms with van der Waals surface area (Å²) in [6.45, 7) is 2.52. The van der Waals surface area contributed by atoms with Crippen molar-refractivity contribution in [1.82, 2.24) is 10.8 Å². The molecule has 1 aromatic carbocycles. The highest BCUT2D eigenvalue weighted by Crippen LogP contribution is 2.23. The molecular weight excluding hydrogens is 379 g/mol. The number of rotatable bonds is 10. The molecule has 0 atom stereocenters. The Kier molecular flexibility index (Phi) is 8.84. The lowest BCUT2D eigenvalue weighted by Gasteiger charge is -2.09. The molecule has 0 bridgehead atoms. The highest BCUT2D eigenvalue weighted by molar-refractivity contribution is 7.11. The van der Waals surface area contributed by atoms with Crippen LogP contribution in [0.5, 0.6) is 0 Å². The summed E-state index contributed by atoms with van der Waals surface area (Å²) in [6, 6.07) is 7.90. The zero-order chi connectivity index (χ0) is 20.4. The van der Waals surface area contributed by atoms with Gasteiger partial charge in [-0.05, 0) is 60.5 Å². The third kappa shape index (κ3) is 7.25. The van der Waals surface area contributed by atoms with E-state index in [0.29, 0.717) is 30.5 Å². The Morgan fingerprint density at radius 1 is 1.14 bits per heavy atom. The molecule has 1 aromatic heterocycles. The summed E-state index contributed by atoms with van der Waals surface area (Å²) in [6.07, 6.45) is 5.32. The van der Waals surface area contributed by atoms with E-state index in [-0.39, 0.29) is 17.6 Å². The number of aryl methyl sites for hydroxylation is 1. The molecule has 0 saturated carbocycles. The summed E-state index contributed by atoms with van der Waals surface area (Å²) in [4.78, 5) is 24.6. The molecule has 0 radical (unpaired) electrons. The van der Waals surface area contributed by atoms with E-state index >= 15 is 0 Å². The zero-order valence-electron chi connectivity index (χ0n) is 15.8. The van der Waals surface area contributed by atoms with E-state index in [4.69, 9.17) is 5.21 Å². The zero-order valence-corrected chi connectivity index (χ0v) is 16.7. The van der Waals surface area contributed by atoms with E-state index in [9.17, 15) is 14.0 Å². The highest BCUT2D eigenvalue weighted by Gasteiger charge is 2.12. The van der Waals surface area contributed by atoms with Gasteiger partial charge in [0.15, 0.2) is 0 Å². The SMILES string of the molecule is Cc1csc(C=C(C(=O)NCCCCCCC(=O)NO)c2ccc(F)cc2)c1. The predicted octanol–water partition coefficient (Wildman–Crippen LogP) is 4.31. The Balaban J connectivity index is 1.92. The average Bonchev–Trinajstić information content (AvgIpc) is 3.10. The van der Waals surface area contributed by atoms with Gasteiger partial charge in [-0.25, -0.2) is 9.87 Å². The number of hydrogen-bond donors (Lipinski definition) is 3. The number of nitrogens with one attached hydrogen (secondary N) is 2. The van der Waals surface area contributed by atoms with Crippen molar-refractivity contribution in [3.8, 4) is 0 Å². The van der Waals surface area contributed by atoms with Crippen molar-refractivity contribution >= 4 is 34.8 Å². The third-order valence-electron chi connectivity index (χ3n) is 4.18. The van der Waals surface area contributed by atoms with Gasteiger partial charge < -0.3 is 5.32 Å². The van der Waals surface area contributed by atoms with Crippen LogP contribution < -0.4 is 10.8 Å². The molecule has 0 spiro atoms. The second-order valence-electron chi connectivity index (χ2n) is 6.55. The molecule has 0 aliphatic heterocycles. The first-order valence-electron chi connectivity index (χ1n) is 9.23. The lowest BCUT2D eigenvalue weighted by atomic mass is 10.0. The summed E-state index contributed by atoms with van der Waals surface area (Å²) >= 11 is 1.55. The maximum absolute atomic E-state index is 13.2. The molecule has 1 heterocycles. The molecule has 0 aliphatic rings. The quantitative estimate of drug-likeness (QED) is 0.239.